The Kier molecular flexibility index (Phi) is 3.55. The van der Waals surface area contributed by atoms with Crippen LogP contribution in [-0.4, -0.2) is 11.1 Å². The molecule has 4 heteroatoms. The third kappa shape index (κ3) is 3.81. The van der Waals surface area contributed by atoms with Crippen LogP contribution in [0.25, 0.3) is 0 Å². The van der Waals surface area contributed by atoms with Crippen molar-refractivity contribution in [2.45, 2.75) is 25.8 Å². The maximum Gasteiger partial charge on any atom is 0.249 e. The minimum absolute atomic E-state index is 0.250. The molecule has 14 heavy (non-hydrogen) atoms. The van der Waals surface area contributed by atoms with Gasteiger partial charge >= 0.3 is 0 Å². The molecule has 0 aromatic heterocycles. The summed E-state index contributed by atoms with van der Waals surface area (Å²) in [4.78, 5) is 0. The topological polar surface area (TPSA) is 32.3 Å². The van der Waals surface area contributed by atoms with Crippen molar-refractivity contribution < 1.29 is 14.0 Å². The molecule has 1 rings (SSSR count). The minimum atomic E-state index is -2.67. The number of hydrogen-bond donors (Lipinski definition) is 2. The van der Waals surface area contributed by atoms with Crippen molar-refractivity contribution in [1.29, 1.82) is 0 Å². The van der Waals surface area contributed by atoms with E-state index in [0.717, 1.165) is 12.5 Å². The standard InChI is InChI=1S/C10H13F2NO/c1-10(11,12)6-8-2-4-9(5-3-8)7-13-14/h2-5,13-14H,6-7H2,1H3. The molecule has 0 atom stereocenters. The smallest absolute Gasteiger partial charge is 0.249 e. The molecular formula is C10H13F2NO. The summed E-state index contributed by atoms with van der Waals surface area (Å²) in [6.07, 6.45) is -0.250. The lowest BCUT2D eigenvalue weighted by Crippen LogP contribution is -2.13. The molecule has 0 spiro atoms. The predicted octanol–water partition coefficient (Wildman–Crippen LogP) is 2.36. The number of halogens is 2. The van der Waals surface area contributed by atoms with E-state index in [1.807, 2.05) is 5.48 Å². The molecule has 0 aliphatic heterocycles. The Morgan fingerprint density at radius 2 is 1.71 bits per heavy atom. The van der Waals surface area contributed by atoms with Gasteiger partial charge in [-0.2, -0.15) is 0 Å². The van der Waals surface area contributed by atoms with Gasteiger partial charge in [-0.25, -0.2) is 14.3 Å². The summed E-state index contributed by atoms with van der Waals surface area (Å²) in [6.45, 7) is 1.22. The highest BCUT2D eigenvalue weighted by Crippen LogP contribution is 2.18. The largest absolute Gasteiger partial charge is 0.316 e. The third-order valence-corrected chi connectivity index (χ3v) is 1.82. The Morgan fingerprint density at radius 3 is 2.14 bits per heavy atom. The first kappa shape index (κ1) is 11.1. The number of benzene rings is 1. The van der Waals surface area contributed by atoms with Gasteiger partial charge in [0.15, 0.2) is 0 Å². The van der Waals surface area contributed by atoms with E-state index >= 15 is 0 Å². The molecule has 0 bridgehead atoms. The van der Waals surface area contributed by atoms with Gasteiger partial charge < -0.3 is 5.21 Å². The molecule has 0 aliphatic carbocycles. The van der Waals surface area contributed by atoms with Gasteiger partial charge in [0, 0.05) is 13.0 Å². The molecule has 1 aromatic carbocycles. The van der Waals surface area contributed by atoms with Crippen molar-refractivity contribution in [2.24, 2.45) is 0 Å². The molecule has 0 saturated heterocycles. The van der Waals surface area contributed by atoms with Crippen LogP contribution >= 0.6 is 0 Å². The van der Waals surface area contributed by atoms with Gasteiger partial charge in [-0.1, -0.05) is 24.3 Å². The lowest BCUT2D eigenvalue weighted by atomic mass is 10.1. The fourth-order valence-electron chi connectivity index (χ4n) is 1.22. The van der Waals surface area contributed by atoms with Gasteiger partial charge in [0.2, 0.25) is 5.92 Å². The lowest BCUT2D eigenvalue weighted by molar-refractivity contribution is 0.0226. The first-order valence-corrected chi connectivity index (χ1v) is 4.34. The highest BCUT2D eigenvalue weighted by atomic mass is 19.3. The quantitative estimate of drug-likeness (QED) is 0.733. The summed E-state index contributed by atoms with van der Waals surface area (Å²) >= 11 is 0. The Balaban J connectivity index is 2.64. The van der Waals surface area contributed by atoms with E-state index in [1.54, 1.807) is 24.3 Å². The summed E-state index contributed by atoms with van der Waals surface area (Å²) in [5, 5.41) is 8.41. The van der Waals surface area contributed by atoms with E-state index in [4.69, 9.17) is 5.21 Å². The van der Waals surface area contributed by atoms with Gasteiger partial charge in [0.25, 0.3) is 0 Å². The van der Waals surface area contributed by atoms with E-state index < -0.39 is 5.92 Å². The highest BCUT2D eigenvalue weighted by molar-refractivity contribution is 5.23. The number of nitrogens with one attached hydrogen (secondary N) is 1. The Morgan fingerprint density at radius 1 is 1.21 bits per heavy atom. The molecule has 0 fully saturated rings. The highest BCUT2D eigenvalue weighted by Gasteiger charge is 2.21. The fourth-order valence-corrected chi connectivity index (χ4v) is 1.22. The average molecular weight is 201 g/mol. The second-order valence-corrected chi connectivity index (χ2v) is 3.40. The van der Waals surface area contributed by atoms with E-state index in [0.29, 0.717) is 12.1 Å². The van der Waals surface area contributed by atoms with Crippen molar-refractivity contribution in [3.8, 4) is 0 Å². The van der Waals surface area contributed by atoms with Crippen LogP contribution in [-0.2, 0) is 13.0 Å². The molecule has 2 nitrogen and oxygen atoms in total. The van der Waals surface area contributed by atoms with Gasteiger partial charge in [-0.05, 0) is 18.1 Å². The summed E-state index contributed by atoms with van der Waals surface area (Å²) in [5.41, 5.74) is 3.46. The maximum absolute atomic E-state index is 12.6. The zero-order valence-electron chi connectivity index (χ0n) is 7.93. The van der Waals surface area contributed by atoms with Crippen molar-refractivity contribution >= 4 is 0 Å². The maximum atomic E-state index is 12.6. The van der Waals surface area contributed by atoms with Gasteiger partial charge in [-0.15, -0.1) is 0 Å². The monoisotopic (exact) mass is 201 g/mol. The zero-order valence-corrected chi connectivity index (χ0v) is 7.93. The Hall–Kier alpha value is -1.00. The molecule has 2 N–H and O–H groups in total. The zero-order chi connectivity index (χ0) is 10.6. The van der Waals surface area contributed by atoms with Crippen molar-refractivity contribution in [3.05, 3.63) is 35.4 Å². The van der Waals surface area contributed by atoms with Crippen LogP contribution < -0.4 is 5.48 Å². The normalized spacial score (nSPS) is 11.7. The molecule has 1 aromatic rings. The van der Waals surface area contributed by atoms with E-state index in [9.17, 15) is 8.78 Å². The van der Waals surface area contributed by atoms with E-state index in [-0.39, 0.29) is 6.42 Å². The second kappa shape index (κ2) is 4.48. The van der Waals surface area contributed by atoms with Crippen LogP contribution in [0.5, 0.6) is 0 Å². The first-order valence-electron chi connectivity index (χ1n) is 4.34. The van der Waals surface area contributed by atoms with Crippen LogP contribution in [0.2, 0.25) is 0 Å². The lowest BCUT2D eigenvalue weighted by Gasteiger charge is -2.10. The first-order chi connectivity index (χ1) is 6.51. The minimum Gasteiger partial charge on any atom is -0.316 e. The molecule has 78 valence electrons. The van der Waals surface area contributed by atoms with Crippen molar-refractivity contribution in [2.75, 3.05) is 0 Å². The van der Waals surface area contributed by atoms with Crippen LogP contribution in [0.4, 0.5) is 8.78 Å². The predicted molar refractivity (Wildman–Crippen MR) is 49.4 cm³/mol. The number of hydroxylamine groups is 1. The van der Waals surface area contributed by atoms with Crippen LogP contribution in [0.3, 0.4) is 0 Å². The fraction of sp³-hybridized carbons (Fsp3) is 0.400. The van der Waals surface area contributed by atoms with Crippen molar-refractivity contribution in [3.63, 3.8) is 0 Å². The summed E-state index contributed by atoms with van der Waals surface area (Å²) in [7, 11) is 0. The molecule has 0 heterocycles. The molecule has 0 amide bonds. The van der Waals surface area contributed by atoms with E-state index in [2.05, 4.69) is 0 Å². The van der Waals surface area contributed by atoms with E-state index in [1.165, 1.54) is 0 Å². The summed E-state index contributed by atoms with van der Waals surface area (Å²) in [6, 6.07) is 6.71. The van der Waals surface area contributed by atoms with Crippen molar-refractivity contribution in [1.82, 2.24) is 5.48 Å². The average Bonchev–Trinajstić information content (AvgIpc) is 2.06. The Bertz CT molecular complexity index is 279. The van der Waals surface area contributed by atoms with Crippen LogP contribution in [0.1, 0.15) is 18.1 Å². The number of hydrogen-bond acceptors (Lipinski definition) is 2. The molecule has 0 saturated carbocycles. The second-order valence-electron chi connectivity index (χ2n) is 3.40. The van der Waals surface area contributed by atoms with Gasteiger partial charge in [0.1, 0.15) is 0 Å². The van der Waals surface area contributed by atoms with Gasteiger partial charge in [0.05, 0.1) is 0 Å². The summed E-state index contributed by atoms with van der Waals surface area (Å²) in [5.74, 6) is -2.67. The number of rotatable bonds is 4. The molecule has 0 unspecified atom stereocenters. The van der Waals surface area contributed by atoms with Gasteiger partial charge in [-0.3, -0.25) is 0 Å². The molecular weight excluding hydrogens is 188 g/mol. The Labute approximate surface area is 81.5 Å². The summed E-state index contributed by atoms with van der Waals surface area (Å²) < 4.78 is 25.2. The molecule has 0 aliphatic rings. The molecule has 0 radical (unpaired) electrons. The van der Waals surface area contributed by atoms with Crippen LogP contribution in [0, 0.1) is 0 Å². The SMILES string of the molecule is CC(F)(F)Cc1ccc(CNO)cc1. The third-order valence-electron chi connectivity index (χ3n) is 1.82. The van der Waals surface area contributed by atoms with Crippen LogP contribution in [0.15, 0.2) is 24.3 Å². The number of alkyl halides is 2.